The number of amides is 1. The first-order chi connectivity index (χ1) is 13.3. The highest BCUT2D eigenvalue weighted by molar-refractivity contribution is 7.85. The average molecular weight is 394 g/mol. The van der Waals surface area contributed by atoms with E-state index in [1.807, 2.05) is 37.3 Å². The van der Waals surface area contributed by atoms with Crippen LogP contribution in [0.2, 0.25) is 0 Å². The van der Waals surface area contributed by atoms with Crippen molar-refractivity contribution in [2.75, 3.05) is 16.4 Å². The van der Waals surface area contributed by atoms with Crippen LogP contribution >= 0.6 is 0 Å². The van der Waals surface area contributed by atoms with Gasteiger partial charge in [0.1, 0.15) is 0 Å². The van der Waals surface area contributed by atoms with Gasteiger partial charge < -0.3 is 10.6 Å². The molecule has 6 heteroatoms. The number of carbonyl (C=O) groups excluding carboxylic acids is 1. The van der Waals surface area contributed by atoms with E-state index in [9.17, 15) is 9.00 Å². The number of carbonyl (C=O) groups is 1. The number of aryl methyl sites for hydroxylation is 2. The fourth-order valence-corrected chi connectivity index (χ4v) is 5.58. The second-order valence-electron chi connectivity index (χ2n) is 7.42. The van der Waals surface area contributed by atoms with Gasteiger partial charge in [0, 0.05) is 46.2 Å². The highest BCUT2D eigenvalue weighted by Gasteiger charge is 2.28. The van der Waals surface area contributed by atoms with Crippen LogP contribution in [0.15, 0.2) is 41.4 Å². The second kappa shape index (κ2) is 7.02. The smallest absolute Gasteiger partial charge is 0.221 e. The first kappa shape index (κ1) is 18.6. The van der Waals surface area contributed by atoms with Crippen molar-refractivity contribution >= 4 is 44.7 Å². The molecule has 28 heavy (non-hydrogen) atoms. The molecule has 0 spiro atoms. The number of pyridine rings is 1. The molecule has 1 aliphatic rings. The lowest BCUT2D eigenvalue weighted by Crippen LogP contribution is -2.06. The summed E-state index contributed by atoms with van der Waals surface area (Å²) in [6.45, 7) is 7.71. The van der Waals surface area contributed by atoms with E-state index in [1.54, 1.807) is 6.20 Å². The van der Waals surface area contributed by atoms with Crippen LogP contribution in [-0.4, -0.2) is 20.9 Å². The third-order valence-electron chi connectivity index (χ3n) is 5.26. The fourth-order valence-electron chi connectivity index (χ4n) is 3.93. The summed E-state index contributed by atoms with van der Waals surface area (Å²) in [5, 5.41) is 7.26. The van der Waals surface area contributed by atoms with Crippen molar-refractivity contribution in [2.45, 2.75) is 38.5 Å². The quantitative estimate of drug-likeness (QED) is 0.672. The van der Waals surface area contributed by atoms with Gasteiger partial charge in [-0.3, -0.25) is 14.0 Å². The summed E-state index contributed by atoms with van der Waals surface area (Å²) >= 11 is 0. The summed E-state index contributed by atoms with van der Waals surface area (Å²) in [4.78, 5) is 16.9. The molecule has 3 aromatic rings. The van der Waals surface area contributed by atoms with E-state index >= 15 is 0 Å². The Balaban J connectivity index is 1.83. The van der Waals surface area contributed by atoms with Crippen LogP contribution in [0.1, 0.15) is 36.5 Å². The number of benzene rings is 2. The van der Waals surface area contributed by atoms with Crippen LogP contribution in [-0.2, 0) is 15.6 Å². The molecule has 144 valence electrons. The maximum atomic E-state index is 12.6. The van der Waals surface area contributed by atoms with Crippen molar-refractivity contribution in [1.29, 1.82) is 0 Å². The van der Waals surface area contributed by atoms with E-state index in [1.165, 1.54) is 12.5 Å². The highest BCUT2D eigenvalue weighted by atomic mass is 32.2. The molecule has 0 radical (unpaired) electrons. The first-order valence-corrected chi connectivity index (χ1v) is 10.6. The number of nitrogens with one attached hydrogen (secondary N) is 2. The molecule has 2 aromatic carbocycles. The summed E-state index contributed by atoms with van der Waals surface area (Å²) in [6.07, 6.45) is 1.80. The first-order valence-electron chi connectivity index (χ1n) is 9.31. The SMILES string of the molecule is CC(=O)Nc1ccc(C)c(Nc2ccnc3c(C)c4c(cc23)S(=O)CC4C)c1. The van der Waals surface area contributed by atoms with Crippen molar-refractivity contribution in [3.8, 4) is 0 Å². The molecule has 1 aromatic heterocycles. The summed E-state index contributed by atoms with van der Waals surface area (Å²) in [6, 6.07) is 9.73. The summed E-state index contributed by atoms with van der Waals surface area (Å²) in [5.41, 5.74) is 6.85. The molecule has 0 aliphatic carbocycles. The van der Waals surface area contributed by atoms with E-state index in [-0.39, 0.29) is 11.8 Å². The topological polar surface area (TPSA) is 71.1 Å². The number of nitrogens with zero attached hydrogens (tertiary/aromatic N) is 1. The van der Waals surface area contributed by atoms with Crippen LogP contribution in [0.3, 0.4) is 0 Å². The number of rotatable bonds is 3. The monoisotopic (exact) mass is 393 g/mol. The highest BCUT2D eigenvalue weighted by Crippen LogP contribution is 2.40. The van der Waals surface area contributed by atoms with Crippen molar-refractivity contribution in [3.05, 3.63) is 53.2 Å². The molecule has 1 amide bonds. The molecule has 2 heterocycles. The van der Waals surface area contributed by atoms with Crippen LogP contribution in [0.4, 0.5) is 17.1 Å². The van der Waals surface area contributed by atoms with Gasteiger partial charge in [-0.15, -0.1) is 0 Å². The Morgan fingerprint density at radius 1 is 1.18 bits per heavy atom. The number of hydrogen-bond donors (Lipinski definition) is 2. The predicted octanol–water partition coefficient (Wildman–Crippen LogP) is 4.78. The van der Waals surface area contributed by atoms with Crippen LogP contribution < -0.4 is 10.6 Å². The van der Waals surface area contributed by atoms with Crippen molar-refractivity contribution in [3.63, 3.8) is 0 Å². The van der Waals surface area contributed by atoms with Gasteiger partial charge in [-0.1, -0.05) is 13.0 Å². The van der Waals surface area contributed by atoms with Crippen LogP contribution in [0.5, 0.6) is 0 Å². The van der Waals surface area contributed by atoms with E-state index < -0.39 is 10.8 Å². The van der Waals surface area contributed by atoms with Gasteiger partial charge in [0.25, 0.3) is 0 Å². The number of hydrogen-bond acceptors (Lipinski definition) is 4. The minimum Gasteiger partial charge on any atom is -0.355 e. The molecule has 0 saturated carbocycles. The van der Waals surface area contributed by atoms with E-state index in [4.69, 9.17) is 0 Å². The Bertz CT molecular complexity index is 1140. The molecule has 2 N–H and O–H groups in total. The zero-order chi connectivity index (χ0) is 20.0. The van der Waals surface area contributed by atoms with Gasteiger partial charge in [-0.25, -0.2) is 0 Å². The van der Waals surface area contributed by atoms with Crippen molar-refractivity contribution in [1.82, 2.24) is 4.98 Å². The Morgan fingerprint density at radius 2 is 1.96 bits per heavy atom. The number of fused-ring (bicyclic) bond motifs is 2. The molecule has 0 fully saturated rings. The lowest BCUT2D eigenvalue weighted by Gasteiger charge is -2.16. The third kappa shape index (κ3) is 3.18. The van der Waals surface area contributed by atoms with E-state index in [0.717, 1.165) is 44.0 Å². The number of anilines is 3. The second-order valence-corrected chi connectivity index (χ2v) is 8.88. The zero-order valence-electron chi connectivity index (χ0n) is 16.4. The Morgan fingerprint density at radius 3 is 2.71 bits per heavy atom. The molecule has 2 unspecified atom stereocenters. The van der Waals surface area contributed by atoms with Crippen LogP contribution in [0.25, 0.3) is 10.9 Å². The Kier molecular flexibility index (Phi) is 4.67. The van der Waals surface area contributed by atoms with Crippen LogP contribution in [0, 0.1) is 13.8 Å². The predicted molar refractivity (Wildman–Crippen MR) is 115 cm³/mol. The molecule has 2 atom stereocenters. The van der Waals surface area contributed by atoms with Crippen molar-refractivity contribution < 1.29 is 9.00 Å². The van der Waals surface area contributed by atoms with Gasteiger partial charge in [-0.2, -0.15) is 0 Å². The molecule has 5 nitrogen and oxygen atoms in total. The molecule has 0 bridgehead atoms. The fraction of sp³-hybridized carbons (Fsp3) is 0.273. The summed E-state index contributed by atoms with van der Waals surface area (Å²) in [5.74, 6) is 0.856. The van der Waals surface area contributed by atoms with Gasteiger partial charge in [-0.05, 0) is 60.7 Å². The lowest BCUT2D eigenvalue weighted by atomic mass is 9.95. The largest absolute Gasteiger partial charge is 0.355 e. The zero-order valence-corrected chi connectivity index (χ0v) is 17.2. The van der Waals surface area contributed by atoms with E-state index in [0.29, 0.717) is 5.75 Å². The average Bonchev–Trinajstić information content (AvgIpc) is 2.92. The van der Waals surface area contributed by atoms with Gasteiger partial charge >= 0.3 is 0 Å². The summed E-state index contributed by atoms with van der Waals surface area (Å²) < 4.78 is 12.6. The molecular weight excluding hydrogens is 370 g/mol. The minimum absolute atomic E-state index is 0.105. The minimum atomic E-state index is -0.967. The van der Waals surface area contributed by atoms with Crippen molar-refractivity contribution in [2.24, 2.45) is 0 Å². The Labute approximate surface area is 167 Å². The summed E-state index contributed by atoms with van der Waals surface area (Å²) in [7, 11) is -0.967. The van der Waals surface area contributed by atoms with Gasteiger partial charge in [0.2, 0.25) is 5.91 Å². The Hall–Kier alpha value is -2.73. The van der Waals surface area contributed by atoms with Gasteiger partial charge in [0.05, 0.1) is 16.3 Å². The lowest BCUT2D eigenvalue weighted by molar-refractivity contribution is -0.114. The van der Waals surface area contributed by atoms with E-state index in [2.05, 4.69) is 29.5 Å². The normalized spacial score (nSPS) is 18.1. The molecule has 4 rings (SSSR count). The molecular formula is C22H23N3O2S. The maximum Gasteiger partial charge on any atom is 0.221 e. The van der Waals surface area contributed by atoms with Gasteiger partial charge in [0.15, 0.2) is 0 Å². The molecule has 0 saturated heterocycles. The maximum absolute atomic E-state index is 12.6. The molecule has 1 aliphatic heterocycles. The third-order valence-corrected chi connectivity index (χ3v) is 6.89. The number of aromatic nitrogens is 1. The standard InChI is InChI=1S/C22H23N3O2S/c1-12-5-6-16(24-15(4)26)9-19(12)25-18-7-8-23-22-14(3)21-13(2)11-28(27)20(21)10-17(18)22/h5-10,13H,11H2,1-4H3,(H,23,25)(H,24,26).